The highest BCUT2D eigenvalue weighted by Gasteiger charge is 2.12. The monoisotopic (exact) mass is 398 g/mol. The van der Waals surface area contributed by atoms with Crippen LogP contribution in [0.15, 0.2) is 36.4 Å². The minimum absolute atomic E-state index is 0.126. The van der Waals surface area contributed by atoms with Crippen molar-refractivity contribution in [2.45, 2.75) is 20.3 Å². The Balaban J connectivity index is 1.81. The van der Waals surface area contributed by atoms with Crippen molar-refractivity contribution in [2.24, 2.45) is 0 Å². The number of aryl methyl sites for hydroxylation is 2. The number of rotatable bonds is 7. The van der Waals surface area contributed by atoms with Crippen LogP contribution in [0.4, 0.5) is 11.4 Å². The number of nitrogens with one attached hydrogen (secondary N) is 2. The van der Waals surface area contributed by atoms with Crippen LogP contribution in [-0.4, -0.2) is 36.9 Å². The lowest BCUT2D eigenvalue weighted by Crippen LogP contribution is -2.32. The number of likely N-dealkylation sites (N-methyl/N-ethyl adjacent to an activating group) is 1. The molecule has 6 nitrogen and oxygen atoms in total. The standard InChI is InChI=1S/C21H23ClN4O2/c1-14-5-4-6-15(2)21(14)25-20(28)13-26(3)10-9-19(27)24-17-8-7-16(12-23)18(22)11-17/h4-8,11H,9-10,13H2,1-3H3,(H,24,27)(H,25,28). The van der Waals surface area contributed by atoms with E-state index in [1.165, 1.54) is 0 Å². The molecule has 2 aromatic carbocycles. The minimum atomic E-state index is -0.192. The summed E-state index contributed by atoms with van der Waals surface area (Å²) in [7, 11) is 1.79. The summed E-state index contributed by atoms with van der Waals surface area (Å²) in [5.74, 6) is -0.318. The SMILES string of the molecule is Cc1cccc(C)c1NC(=O)CN(C)CCC(=O)Nc1ccc(C#N)c(Cl)c1. The molecule has 2 N–H and O–H groups in total. The van der Waals surface area contributed by atoms with Crippen molar-refractivity contribution in [1.82, 2.24) is 4.90 Å². The summed E-state index contributed by atoms with van der Waals surface area (Å²) < 4.78 is 0. The van der Waals surface area contributed by atoms with Gasteiger partial charge < -0.3 is 10.6 Å². The van der Waals surface area contributed by atoms with Crippen LogP contribution in [0.5, 0.6) is 0 Å². The molecule has 2 rings (SSSR count). The zero-order valence-electron chi connectivity index (χ0n) is 16.2. The van der Waals surface area contributed by atoms with E-state index in [4.69, 9.17) is 16.9 Å². The van der Waals surface area contributed by atoms with E-state index in [-0.39, 0.29) is 24.8 Å². The molecule has 7 heteroatoms. The van der Waals surface area contributed by atoms with Gasteiger partial charge in [0, 0.05) is 24.3 Å². The molecule has 2 aromatic rings. The number of nitrogens with zero attached hydrogens (tertiary/aromatic N) is 2. The van der Waals surface area contributed by atoms with Crippen LogP contribution >= 0.6 is 11.6 Å². The van der Waals surface area contributed by atoms with E-state index in [1.54, 1.807) is 30.1 Å². The highest BCUT2D eigenvalue weighted by Crippen LogP contribution is 2.20. The molecule has 0 aliphatic heterocycles. The second-order valence-corrected chi connectivity index (χ2v) is 7.06. The fourth-order valence-electron chi connectivity index (χ4n) is 2.71. The number of anilines is 2. The normalized spacial score (nSPS) is 10.4. The maximum absolute atomic E-state index is 12.3. The third kappa shape index (κ3) is 6.08. The Morgan fingerprint density at radius 1 is 1.11 bits per heavy atom. The second kappa shape index (κ2) is 9.88. The third-order valence-electron chi connectivity index (χ3n) is 4.25. The van der Waals surface area contributed by atoms with Gasteiger partial charge in [0.05, 0.1) is 17.1 Å². The summed E-state index contributed by atoms with van der Waals surface area (Å²) >= 11 is 5.96. The number of carbonyl (C=O) groups is 2. The molecule has 0 fully saturated rings. The van der Waals surface area contributed by atoms with Crippen molar-refractivity contribution in [2.75, 3.05) is 30.8 Å². The van der Waals surface area contributed by atoms with Crippen LogP contribution in [0, 0.1) is 25.2 Å². The van der Waals surface area contributed by atoms with Crippen molar-refractivity contribution >= 4 is 34.8 Å². The Bertz CT molecular complexity index is 901. The Kier molecular flexibility index (Phi) is 7.56. The van der Waals surface area contributed by atoms with Gasteiger partial charge in [-0.25, -0.2) is 0 Å². The van der Waals surface area contributed by atoms with Crippen LogP contribution in [0.2, 0.25) is 5.02 Å². The summed E-state index contributed by atoms with van der Waals surface area (Å²) in [4.78, 5) is 26.2. The molecule has 2 amide bonds. The number of halogens is 1. The predicted octanol–water partition coefficient (Wildman–Crippen LogP) is 3.73. The van der Waals surface area contributed by atoms with Gasteiger partial charge in [0.2, 0.25) is 11.8 Å². The highest BCUT2D eigenvalue weighted by atomic mass is 35.5. The molecule has 0 heterocycles. The first-order valence-corrected chi connectivity index (χ1v) is 9.22. The minimum Gasteiger partial charge on any atom is -0.326 e. The van der Waals surface area contributed by atoms with E-state index in [2.05, 4.69) is 10.6 Å². The Labute approximate surface area is 170 Å². The van der Waals surface area contributed by atoms with Crippen molar-refractivity contribution in [3.8, 4) is 6.07 Å². The Hall–Kier alpha value is -2.88. The van der Waals surface area contributed by atoms with Crippen molar-refractivity contribution in [1.29, 1.82) is 5.26 Å². The van der Waals surface area contributed by atoms with E-state index in [0.717, 1.165) is 16.8 Å². The number of hydrogen-bond donors (Lipinski definition) is 2. The molecule has 0 atom stereocenters. The zero-order valence-corrected chi connectivity index (χ0v) is 16.9. The Morgan fingerprint density at radius 2 is 1.79 bits per heavy atom. The molecule has 0 spiro atoms. The van der Waals surface area contributed by atoms with Crippen LogP contribution in [0.25, 0.3) is 0 Å². The van der Waals surface area contributed by atoms with Crippen molar-refractivity contribution in [3.63, 3.8) is 0 Å². The third-order valence-corrected chi connectivity index (χ3v) is 4.57. The van der Waals surface area contributed by atoms with Gasteiger partial charge in [0.1, 0.15) is 6.07 Å². The number of benzene rings is 2. The number of carbonyl (C=O) groups excluding carboxylic acids is 2. The molecule has 0 saturated carbocycles. The smallest absolute Gasteiger partial charge is 0.238 e. The molecule has 0 aliphatic carbocycles. The first-order chi connectivity index (χ1) is 13.3. The quantitative estimate of drug-likeness (QED) is 0.744. The number of nitriles is 1. The maximum atomic E-state index is 12.3. The first kappa shape index (κ1) is 21.4. The lowest BCUT2D eigenvalue weighted by atomic mass is 10.1. The van der Waals surface area contributed by atoms with Crippen molar-refractivity contribution < 1.29 is 9.59 Å². The van der Waals surface area contributed by atoms with Gasteiger partial charge in [0.15, 0.2) is 0 Å². The Morgan fingerprint density at radius 3 is 2.39 bits per heavy atom. The lowest BCUT2D eigenvalue weighted by molar-refractivity contribution is -0.119. The summed E-state index contributed by atoms with van der Waals surface area (Å²) in [6.07, 6.45) is 0.227. The van der Waals surface area contributed by atoms with Crippen LogP contribution < -0.4 is 10.6 Å². The van der Waals surface area contributed by atoms with Gasteiger partial charge in [0.25, 0.3) is 0 Å². The van der Waals surface area contributed by atoms with E-state index >= 15 is 0 Å². The molecule has 0 aliphatic rings. The topological polar surface area (TPSA) is 85.2 Å². The van der Waals surface area contributed by atoms with E-state index in [0.29, 0.717) is 22.8 Å². The van der Waals surface area contributed by atoms with Gasteiger partial charge in [-0.3, -0.25) is 14.5 Å². The first-order valence-electron chi connectivity index (χ1n) is 8.84. The second-order valence-electron chi connectivity index (χ2n) is 6.66. The number of hydrogen-bond acceptors (Lipinski definition) is 4. The molecular weight excluding hydrogens is 376 g/mol. The zero-order chi connectivity index (χ0) is 20.7. The largest absolute Gasteiger partial charge is 0.326 e. The molecule has 146 valence electrons. The average Bonchev–Trinajstić information content (AvgIpc) is 2.63. The predicted molar refractivity (Wildman–Crippen MR) is 111 cm³/mol. The number of para-hydroxylation sites is 1. The van der Waals surface area contributed by atoms with Gasteiger partial charge in [-0.1, -0.05) is 29.8 Å². The molecule has 0 bridgehead atoms. The molecule has 0 aromatic heterocycles. The highest BCUT2D eigenvalue weighted by molar-refractivity contribution is 6.32. The fourth-order valence-corrected chi connectivity index (χ4v) is 2.94. The number of amides is 2. The van der Waals surface area contributed by atoms with Crippen LogP contribution in [0.3, 0.4) is 0 Å². The summed E-state index contributed by atoms with van der Waals surface area (Å²) in [5.41, 5.74) is 3.74. The molecule has 0 unspecified atom stereocenters. The summed E-state index contributed by atoms with van der Waals surface area (Å²) in [5, 5.41) is 14.8. The van der Waals surface area contributed by atoms with Crippen LogP contribution in [0.1, 0.15) is 23.1 Å². The van der Waals surface area contributed by atoms with Gasteiger partial charge in [-0.05, 0) is 50.2 Å². The molecule has 28 heavy (non-hydrogen) atoms. The molecular formula is C21H23ClN4O2. The van der Waals surface area contributed by atoms with Crippen LogP contribution in [-0.2, 0) is 9.59 Å². The fraction of sp³-hybridized carbons (Fsp3) is 0.286. The average molecular weight is 399 g/mol. The van der Waals surface area contributed by atoms with Gasteiger partial charge >= 0.3 is 0 Å². The van der Waals surface area contributed by atoms with Gasteiger partial charge in [-0.15, -0.1) is 0 Å². The summed E-state index contributed by atoms with van der Waals surface area (Å²) in [6, 6.07) is 12.5. The molecule has 0 radical (unpaired) electrons. The van der Waals surface area contributed by atoms with E-state index < -0.39 is 0 Å². The van der Waals surface area contributed by atoms with Gasteiger partial charge in [-0.2, -0.15) is 5.26 Å². The maximum Gasteiger partial charge on any atom is 0.238 e. The van der Waals surface area contributed by atoms with E-state index in [9.17, 15) is 9.59 Å². The van der Waals surface area contributed by atoms with Crippen molar-refractivity contribution in [3.05, 3.63) is 58.1 Å². The lowest BCUT2D eigenvalue weighted by Gasteiger charge is -2.17. The summed E-state index contributed by atoms with van der Waals surface area (Å²) in [6.45, 7) is 4.51. The van der Waals surface area contributed by atoms with E-state index in [1.807, 2.05) is 38.1 Å². The molecule has 0 saturated heterocycles.